The quantitative estimate of drug-likeness (QED) is 0.713. The average molecular weight is 210 g/mol. The molecule has 1 N–H and O–H groups in total. The number of hydrogen-bond acceptors (Lipinski definition) is 2. The van der Waals surface area contributed by atoms with E-state index in [1.165, 1.54) is 38.9 Å². The highest BCUT2D eigenvalue weighted by Gasteiger charge is 2.33. The molecule has 1 aliphatic carbocycles. The van der Waals surface area contributed by atoms with Crippen LogP contribution >= 0.6 is 0 Å². The van der Waals surface area contributed by atoms with Crippen molar-refractivity contribution in [2.45, 2.75) is 52.1 Å². The van der Waals surface area contributed by atoms with Crippen LogP contribution < -0.4 is 5.32 Å². The highest BCUT2D eigenvalue weighted by molar-refractivity contribution is 4.88. The Hall–Kier alpha value is -0.0800. The summed E-state index contributed by atoms with van der Waals surface area (Å²) in [5, 5.41) is 3.49. The second-order valence-corrected chi connectivity index (χ2v) is 5.75. The third-order valence-corrected chi connectivity index (χ3v) is 4.39. The van der Waals surface area contributed by atoms with Gasteiger partial charge < -0.3 is 5.32 Å². The summed E-state index contributed by atoms with van der Waals surface area (Å²) < 4.78 is 0. The van der Waals surface area contributed by atoms with Crippen LogP contribution in [0.1, 0.15) is 40.0 Å². The molecule has 0 aromatic heterocycles. The van der Waals surface area contributed by atoms with E-state index in [9.17, 15) is 0 Å². The van der Waals surface area contributed by atoms with Gasteiger partial charge in [0.05, 0.1) is 0 Å². The van der Waals surface area contributed by atoms with Crippen molar-refractivity contribution in [1.82, 2.24) is 10.2 Å². The first-order valence-electron chi connectivity index (χ1n) is 6.65. The van der Waals surface area contributed by atoms with Gasteiger partial charge in [0.15, 0.2) is 0 Å². The monoisotopic (exact) mass is 210 g/mol. The summed E-state index contributed by atoms with van der Waals surface area (Å²) in [7, 11) is 0. The van der Waals surface area contributed by atoms with Crippen LogP contribution in [0, 0.1) is 11.8 Å². The summed E-state index contributed by atoms with van der Waals surface area (Å²) in [4.78, 5) is 2.76. The van der Waals surface area contributed by atoms with Gasteiger partial charge in [0.25, 0.3) is 0 Å². The summed E-state index contributed by atoms with van der Waals surface area (Å²) in [5.74, 6) is 1.84. The molecule has 0 aromatic carbocycles. The normalized spacial score (nSPS) is 44.2. The lowest BCUT2D eigenvalue weighted by molar-refractivity contribution is 0.0451. The van der Waals surface area contributed by atoms with E-state index >= 15 is 0 Å². The zero-order valence-corrected chi connectivity index (χ0v) is 10.5. The van der Waals surface area contributed by atoms with E-state index in [4.69, 9.17) is 0 Å². The van der Waals surface area contributed by atoms with Gasteiger partial charge in [0, 0.05) is 31.7 Å². The second kappa shape index (κ2) is 4.84. The van der Waals surface area contributed by atoms with Crippen molar-refractivity contribution < 1.29 is 0 Å². The molecule has 0 bridgehead atoms. The maximum absolute atomic E-state index is 3.49. The van der Waals surface area contributed by atoms with Gasteiger partial charge in [0.1, 0.15) is 0 Å². The lowest BCUT2D eigenvalue weighted by Crippen LogP contribution is -2.56. The zero-order valence-electron chi connectivity index (χ0n) is 10.5. The van der Waals surface area contributed by atoms with Gasteiger partial charge in [-0.15, -0.1) is 0 Å². The molecule has 4 unspecified atom stereocenters. The molecule has 1 heterocycles. The van der Waals surface area contributed by atoms with Crippen molar-refractivity contribution in [2.75, 3.05) is 19.6 Å². The molecular formula is C13H26N2. The Morgan fingerprint density at radius 1 is 1.13 bits per heavy atom. The predicted octanol–water partition coefficient (Wildman–Crippen LogP) is 2.10. The molecule has 15 heavy (non-hydrogen) atoms. The van der Waals surface area contributed by atoms with E-state index in [1.807, 2.05) is 0 Å². The van der Waals surface area contributed by atoms with E-state index in [0.29, 0.717) is 0 Å². The Morgan fingerprint density at radius 2 is 1.93 bits per heavy atom. The van der Waals surface area contributed by atoms with Gasteiger partial charge in [-0.1, -0.05) is 20.3 Å². The fraction of sp³-hybridized carbons (Fsp3) is 1.00. The van der Waals surface area contributed by atoms with Crippen molar-refractivity contribution in [2.24, 2.45) is 11.8 Å². The lowest BCUT2D eigenvalue weighted by Gasteiger charge is -2.46. The smallest absolute Gasteiger partial charge is 0.0195 e. The number of piperazine rings is 1. The molecule has 1 saturated carbocycles. The van der Waals surface area contributed by atoms with Crippen LogP contribution in [0.2, 0.25) is 0 Å². The summed E-state index contributed by atoms with van der Waals surface area (Å²) in [6.07, 6.45) is 4.30. The summed E-state index contributed by atoms with van der Waals surface area (Å²) in [6.45, 7) is 10.9. The minimum absolute atomic E-state index is 0.733. The predicted molar refractivity (Wildman–Crippen MR) is 65.0 cm³/mol. The van der Waals surface area contributed by atoms with Crippen LogP contribution in [0.25, 0.3) is 0 Å². The molecular weight excluding hydrogens is 184 g/mol. The molecule has 2 heteroatoms. The fourth-order valence-electron chi connectivity index (χ4n) is 3.31. The van der Waals surface area contributed by atoms with Crippen LogP contribution in [-0.4, -0.2) is 36.6 Å². The number of hydrogen-bond donors (Lipinski definition) is 1. The van der Waals surface area contributed by atoms with Crippen LogP contribution in [0.15, 0.2) is 0 Å². The number of nitrogens with one attached hydrogen (secondary N) is 1. The molecule has 0 aromatic rings. The molecule has 88 valence electrons. The summed E-state index contributed by atoms with van der Waals surface area (Å²) in [5.41, 5.74) is 0. The van der Waals surface area contributed by atoms with Gasteiger partial charge in [-0.25, -0.2) is 0 Å². The van der Waals surface area contributed by atoms with Crippen LogP contribution in [0.5, 0.6) is 0 Å². The molecule has 2 aliphatic rings. The van der Waals surface area contributed by atoms with Gasteiger partial charge in [-0.2, -0.15) is 0 Å². The number of rotatable bonds is 1. The molecule has 2 rings (SSSR count). The van der Waals surface area contributed by atoms with Crippen molar-refractivity contribution >= 4 is 0 Å². The van der Waals surface area contributed by atoms with E-state index < -0.39 is 0 Å². The molecule has 4 atom stereocenters. The Balaban J connectivity index is 1.99. The van der Waals surface area contributed by atoms with Gasteiger partial charge in [0.2, 0.25) is 0 Å². The molecule has 0 radical (unpaired) electrons. The first-order chi connectivity index (χ1) is 7.18. The topological polar surface area (TPSA) is 15.3 Å². The largest absolute Gasteiger partial charge is 0.314 e. The van der Waals surface area contributed by atoms with Crippen molar-refractivity contribution in [1.29, 1.82) is 0 Å². The van der Waals surface area contributed by atoms with E-state index in [-0.39, 0.29) is 0 Å². The maximum Gasteiger partial charge on any atom is 0.0195 e. The molecule has 1 aliphatic heterocycles. The maximum atomic E-state index is 3.49. The highest BCUT2D eigenvalue weighted by atomic mass is 15.2. The average Bonchev–Trinajstić information content (AvgIpc) is 2.23. The summed E-state index contributed by atoms with van der Waals surface area (Å²) in [6, 6.07) is 1.59. The van der Waals surface area contributed by atoms with Crippen LogP contribution in [0.4, 0.5) is 0 Å². The zero-order chi connectivity index (χ0) is 10.8. The SMILES string of the molecule is CC1CCC(C)C(N2CCNCC2C)C1. The second-order valence-electron chi connectivity index (χ2n) is 5.75. The van der Waals surface area contributed by atoms with Crippen molar-refractivity contribution in [3.63, 3.8) is 0 Å². The first kappa shape index (κ1) is 11.4. The summed E-state index contributed by atoms with van der Waals surface area (Å²) >= 11 is 0. The van der Waals surface area contributed by atoms with Gasteiger partial charge >= 0.3 is 0 Å². The fourth-order valence-corrected chi connectivity index (χ4v) is 3.31. The Morgan fingerprint density at radius 3 is 2.67 bits per heavy atom. The number of nitrogens with zero attached hydrogens (tertiary/aromatic N) is 1. The molecule has 0 spiro atoms. The van der Waals surface area contributed by atoms with E-state index in [1.54, 1.807) is 0 Å². The molecule has 1 saturated heterocycles. The Bertz CT molecular complexity index is 205. The molecule has 0 amide bonds. The van der Waals surface area contributed by atoms with E-state index in [0.717, 1.165) is 23.9 Å². The molecule has 2 fully saturated rings. The highest BCUT2D eigenvalue weighted by Crippen LogP contribution is 2.32. The van der Waals surface area contributed by atoms with Crippen LogP contribution in [0.3, 0.4) is 0 Å². The third-order valence-electron chi connectivity index (χ3n) is 4.39. The Kier molecular flexibility index (Phi) is 3.68. The van der Waals surface area contributed by atoms with Crippen molar-refractivity contribution in [3.8, 4) is 0 Å². The van der Waals surface area contributed by atoms with Crippen LogP contribution in [-0.2, 0) is 0 Å². The minimum Gasteiger partial charge on any atom is -0.314 e. The van der Waals surface area contributed by atoms with E-state index in [2.05, 4.69) is 31.0 Å². The van der Waals surface area contributed by atoms with Gasteiger partial charge in [-0.05, 0) is 31.6 Å². The standard InChI is InChI=1S/C13H26N2/c1-10-4-5-11(2)13(8-10)15-7-6-14-9-12(15)3/h10-14H,4-9H2,1-3H3. The molecule has 2 nitrogen and oxygen atoms in total. The Labute approximate surface area is 94.4 Å². The minimum atomic E-state index is 0.733. The third kappa shape index (κ3) is 2.54. The van der Waals surface area contributed by atoms with Crippen molar-refractivity contribution in [3.05, 3.63) is 0 Å². The first-order valence-corrected chi connectivity index (χ1v) is 6.65. The lowest BCUT2D eigenvalue weighted by atomic mass is 9.78. The van der Waals surface area contributed by atoms with Gasteiger partial charge in [-0.3, -0.25) is 4.90 Å².